The molecule has 0 saturated heterocycles. The standard InChI is InChI=1S/C14H24ClN3O/c1-9(7-6-8-19)16-12-10(2)11(15)17-13(18-12)14(3,4)5/h9,19H,6-8H2,1-5H3,(H,16,17,18). The van der Waals surface area contributed by atoms with Crippen molar-refractivity contribution in [2.75, 3.05) is 11.9 Å². The number of halogens is 1. The van der Waals surface area contributed by atoms with Gasteiger partial charge in [0.25, 0.3) is 0 Å². The van der Waals surface area contributed by atoms with E-state index < -0.39 is 0 Å². The first kappa shape index (κ1) is 16.2. The fourth-order valence-corrected chi connectivity index (χ4v) is 1.84. The second-order valence-corrected chi connectivity index (χ2v) is 6.33. The molecule has 0 spiro atoms. The second kappa shape index (κ2) is 6.53. The highest BCUT2D eigenvalue weighted by molar-refractivity contribution is 6.30. The SMILES string of the molecule is Cc1c(Cl)nc(C(C)(C)C)nc1NC(C)CCCO. The molecule has 0 fully saturated rings. The van der Waals surface area contributed by atoms with Gasteiger partial charge in [-0.2, -0.15) is 0 Å². The van der Waals surface area contributed by atoms with Gasteiger partial charge >= 0.3 is 0 Å². The normalized spacial score (nSPS) is 13.4. The minimum absolute atomic E-state index is 0.137. The van der Waals surface area contributed by atoms with Gasteiger partial charge in [0.1, 0.15) is 16.8 Å². The second-order valence-electron chi connectivity index (χ2n) is 5.97. The predicted octanol–water partition coefficient (Wildman–Crippen LogP) is 3.31. The summed E-state index contributed by atoms with van der Waals surface area (Å²) in [7, 11) is 0. The molecule has 1 heterocycles. The summed E-state index contributed by atoms with van der Waals surface area (Å²) in [6, 6.07) is 0.240. The molecule has 0 aliphatic heterocycles. The summed E-state index contributed by atoms with van der Waals surface area (Å²) in [5.41, 5.74) is 0.729. The third-order valence-electron chi connectivity index (χ3n) is 2.94. The van der Waals surface area contributed by atoms with Crippen molar-refractivity contribution in [2.45, 2.75) is 58.9 Å². The zero-order valence-corrected chi connectivity index (χ0v) is 13.2. The summed E-state index contributed by atoms with van der Waals surface area (Å²) in [5, 5.41) is 12.7. The van der Waals surface area contributed by atoms with Crippen LogP contribution in [0.1, 0.15) is 51.9 Å². The maximum Gasteiger partial charge on any atom is 0.137 e. The number of aliphatic hydroxyl groups excluding tert-OH is 1. The molecule has 1 rings (SSSR count). The summed E-state index contributed by atoms with van der Waals surface area (Å²) in [5.74, 6) is 1.52. The number of aromatic nitrogens is 2. The van der Waals surface area contributed by atoms with Gasteiger partial charge in [0.15, 0.2) is 0 Å². The van der Waals surface area contributed by atoms with Crippen LogP contribution in [-0.4, -0.2) is 27.7 Å². The molecule has 0 aliphatic rings. The average Bonchev–Trinajstić information content (AvgIpc) is 2.30. The first-order valence-electron chi connectivity index (χ1n) is 6.67. The Morgan fingerprint density at radius 1 is 1.32 bits per heavy atom. The summed E-state index contributed by atoms with van der Waals surface area (Å²) in [4.78, 5) is 8.93. The van der Waals surface area contributed by atoms with E-state index in [9.17, 15) is 0 Å². The van der Waals surface area contributed by atoms with E-state index in [2.05, 4.69) is 43.0 Å². The van der Waals surface area contributed by atoms with Crippen molar-refractivity contribution < 1.29 is 5.11 Å². The van der Waals surface area contributed by atoms with Crippen molar-refractivity contribution in [1.82, 2.24) is 9.97 Å². The highest BCUT2D eigenvalue weighted by Gasteiger charge is 2.21. The van der Waals surface area contributed by atoms with Crippen molar-refractivity contribution in [3.8, 4) is 0 Å². The monoisotopic (exact) mass is 285 g/mol. The Morgan fingerprint density at radius 3 is 2.47 bits per heavy atom. The van der Waals surface area contributed by atoms with E-state index in [0.29, 0.717) is 5.15 Å². The van der Waals surface area contributed by atoms with Gasteiger partial charge in [-0.15, -0.1) is 0 Å². The molecular weight excluding hydrogens is 262 g/mol. The topological polar surface area (TPSA) is 58.0 Å². The molecule has 0 radical (unpaired) electrons. The van der Waals surface area contributed by atoms with Crippen molar-refractivity contribution in [3.63, 3.8) is 0 Å². The molecule has 0 amide bonds. The Balaban J connectivity index is 2.96. The van der Waals surface area contributed by atoms with Gasteiger partial charge in [-0.25, -0.2) is 9.97 Å². The number of anilines is 1. The molecular formula is C14H24ClN3O. The summed E-state index contributed by atoms with van der Waals surface area (Å²) in [6.45, 7) is 10.4. The van der Waals surface area contributed by atoms with Gasteiger partial charge in [-0.3, -0.25) is 0 Å². The van der Waals surface area contributed by atoms with Crippen LogP contribution in [0.25, 0.3) is 0 Å². The van der Waals surface area contributed by atoms with E-state index in [1.807, 2.05) is 6.92 Å². The maximum absolute atomic E-state index is 8.86. The van der Waals surface area contributed by atoms with Crippen LogP contribution in [0, 0.1) is 6.92 Å². The average molecular weight is 286 g/mol. The van der Waals surface area contributed by atoms with Crippen LogP contribution in [0.4, 0.5) is 5.82 Å². The third kappa shape index (κ3) is 4.62. The molecule has 0 aliphatic carbocycles. The van der Waals surface area contributed by atoms with Crippen LogP contribution in [0.3, 0.4) is 0 Å². The number of nitrogens with one attached hydrogen (secondary N) is 1. The minimum Gasteiger partial charge on any atom is -0.396 e. The lowest BCUT2D eigenvalue weighted by Gasteiger charge is -2.21. The van der Waals surface area contributed by atoms with Crippen molar-refractivity contribution in [3.05, 3.63) is 16.5 Å². The van der Waals surface area contributed by atoms with E-state index in [4.69, 9.17) is 16.7 Å². The van der Waals surface area contributed by atoms with E-state index in [-0.39, 0.29) is 18.1 Å². The minimum atomic E-state index is -0.137. The number of hydrogen-bond donors (Lipinski definition) is 2. The molecule has 1 aromatic heterocycles. The molecule has 4 nitrogen and oxygen atoms in total. The highest BCUT2D eigenvalue weighted by atomic mass is 35.5. The third-order valence-corrected chi connectivity index (χ3v) is 3.30. The summed E-state index contributed by atoms with van der Waals surface area (Å²) < 4.78 is 0. The van der Waals surface area contributed by atoms with E-state index in [1.54, 1.807) is 0 Å². The largest absolute Gasteiger partial charge is 0.396 e. The van der Waals surface area contributed by atoms with Gasteiger partial charge in [0, 0.05) is 23.6 Å². The smallest absolute Gasteiger partial charge is 0.137 e. The molecule has 0 saturated carbocycles. The Bertz CT molecular complexity index is 429. The Morgan fingerprint density at radius 2 is 1.95 bits per heavy atom. The number of aliphatic hydroxyl groups is 1. The van der Waals surface area contributed by atoms with E-state index >= 15 is 0 Å². The van der Waals surface area contributed by atoms with E-state index in [0.717, 1.165) is 30.0 Å². The van der Waals surface area contributed by atoms with Gasteiger partial charge in [0.2, 0.25) is 0 Å². The van der Waals surface area contributed by atoms with Crippen LogP contribution >= 0.6 is 11.6 Å². The number of nitrogens with zero attached hydrogens (tertiary/aromatic N) is 2. The highest BCUT2D eigenvalue weighted by Crippen LogP contribution is 2.26. The molecule has 1 atom stereocenters. The van der Waals surface area contributed by atoms with Crippen molar-refractivity contribution >= 4 is 17.4 Å². The van der Waals surface area contributed by atoms with Crippen molar-refractivity contribution in [2.24, 2.45) is 0 Å². The Hall–Kier alpha value is -0.870. The Labute approximate surface area is 120 Å². The fraction of sp³-hybridized carbons (Fsp3) is 0.714. The van der Waals surface area contributed by atoms with Gasteiger partial charge in [0.05, 0.1) is 0 Å². The molecule has 19 heavy (non-hydrogen) atoms. The molecule has 0 bridgehead atoms. The predicted molar refractivity (Wildman–Crippen MR) is 79.9 cm³/mol. The zero-order valence-electron chi connectivity index (χ0n) is 12.4. The van der Waals surface area contributed by atoms with E-state index in [1.165, 1.54) is 0 Å². The van der Waals surface area contributed by atoms with Crippen LogP contribution in [-0.2, 0) is 5.41 Å². The molecule has 0 aromatic carbocycles. The van der Waals surface area contributed by atoms with Gasteiger partial charge in [-0.05, 0) is 26.7 Å². The summed E-state index contributed by atoms with van der Waals surface area (Å²) in [6.07, 6.45) is 1.67. The first-order valence-corrected chi connectivity index (χ1v) is 7.05. The molecule has 2 N–H and O–H groups in total. The molecule has 1 unspecified atom stereocenters. The van der Waals surface area contributed by atoms with Gasteiger partial charge < -0.3 is 10.4 Å². The Kier molecular flexibility index (Phi) is 5.56. The lowest BCUT2D eigenvalue weighted by molar-refractivity contribution is 0.282. The quantitative estimate of drug-likeness (QED) is 0.815. The molecule has 5 heteroatoms. The van der Waals surface area contributed by atoms with Crippen LogP contribution in [0.2, 0.25) is 5.15 Å². The zero-order chi connectivity index (χ0) is 14.6. The molecule has 1 aromatic rings. The van der Waals surface area contributed by atoms with Crippen molar-refractivity contribution in [1.29, 1.82) is 0 Å². The summed E-state index contributed by atoms with van der Waals surface area (Å²) >= 11 is 6.18. The molecule has 108 valence electrons. The van der Waals surface area contributed by atoms with Crippen LogP contribution in [0.5, 0.6) is 0 Å². The van der Waals surface area contributed by atoms with Crippen LogP contribution in [0.15, 0.2) is 0 Å². The number of hydrogen-bond acceptors (Lipinski definition) is 4. The first-order chi connectivity index (χ1) is 8.75. The number of rotatable bonds is 5. The fourth-order valence-electron chi connectivity index (χ4n) is 1.67. The lowest BCUT2D eigenvalue weighted by Crippen LogP contribution is -2.22. The maximum atomic E-state index is 8.86. The van der Waals surface area contributed by atoms with Gasteiger partial charge in [-0.1, -0.05) is 32.4 Å². The lowest BCUT2D eigenvalue weighted by atomic mass is 9.95. The van der Waals surface area contributed by atoms with Crippen LogP contribution < -0.4 is 5.32 Å².